The maximum Gasteiger partial charge on any atom is 0.124 e. The Kier molecular flexibility index (Phi) is 4.20. The summed E-state index contributed by atoms with van der Waals surface area (Å²) in [5.41, 5.74) is 12.3. The Bertz CT molecular complexity index is 662. The zero-order valence-electron chi connectivity index (χ0n) is 12.5. The Morgan fingerprint density at radius 3 is 2.45 bits per heavy atom. The Hall–Kier alpha value is -1.33. The van der Waals surface area contributed by atoms with Gasteiger partial charge in [-0.2, -0.15) is 5.10 Å². The molecule has 0 aliphatic rings. The van der Waals surface area contributed by atoms with E-state index in [-0.39, 0.29) is 0 Å². The number of aromatic nitrogens is 2. The molecule has 20 heavy (non-hydrogen) atoms. The molecule has 0 saturated carbocycles. The molecule has 2 rings (SSSR count). The number of methoxy groups -OCH3 is 1. The third kappa shape index (κ3) is 2.25. The average Bonchev–Trinajstić information content (AvgIpc) is 2.69. The summed E-state index contributed by atoms with van der Waals surface area (Å²) >= 11 is 3.62. The fraction of sp³-hybridized carbons (Fsp3) is 0.400. The van der Waals surface area contributed by atoms with Crippen molar-refractivity contribution in [3.63, 3.8) is 0 Å². The molecule has 0 aliphatic heterocycles. The van der Waals surface area contributed by atoms with E-state index >= 15 is 0 Å². The monoisotopic (exact) mass is 337 g/mol. The van der Waals surface area contributed by atoms with Gasteiger partial charge in [0.15, 0.2) is 0 Å². The van der Waals surface area contributed by atoms with Crippen molar-refractivity contribution in [3.8, 4) is 17.0 Å². The van der Waals surface area contributed by atoms with E-state index < -0.39 is 0 Å². The van der Waals surface area contributed by atoms with Gasteiger partial charge in [-0.25, -0.2) is 0 Å². The topological polar surface area (TPSA) is 53.1 Å². The highest BCUT2D eigenvalue weighted by Gasteiger charge is 2.19. The van der Waals surface area contributed by atoms with Crippen molar-refractivity contribution in [2.24, 2.45) is 12.8 Å². The van der Waals surface area contributed by atoms with Gasteiger partial charge in [0, 0.05) is 19.2 Å². The first-order valence-corrected chi connectivity index (χ1v) is 7.28. The van der Waals surface area contributed by atoms with Crippen LogP contribution in [-0.4, -0.2) is 16.9 Å². The van der Waals surface area contributed by atoms with Crippen molar-refractivity contribution >= 4 is 15.9 Å². The lowest BCUT2D eigenvalue weighted by Crippen LogP contribution is -2.00. The first-order valence-electron chi connectivity index (χ1n) is 6.48. The van der Waals surface area contributed by atoms with Gasteiger partial charge in [-0.05, 0) is 59.5 Å². The molecule has 5 heteroatoms. The third-order valence-electron chi connectivity index (χ3n) is 3.73. The Morgan fingerprint density at radius 1 is 1.30 bits per heavy atom. The summed E-state index contributed by atoms with van der Waals surface area (Å²) in [5, 5.41) is 4.46. The number of halogens is 1. The molecule has 0 aliphatic carbocycles. The summed E-state index contributed by atoms with van der Waals surface area (Å²) in [5.74, 6) is 0.948. The number of nitrogens with two attached hydrogens (primary N) is 1. The Labute approximate surface area is 128 Å². The summed E-state index contributed by atoms with van der Waals surface area (Å²) in [7, 11) is 3.65. The van der Waals surface area contributed by atoms with Gasteiger partial charge in [0.2, 0.25) is 0 Å². The van der Waals surface area contributed by atoms with Crippen LogP contribution in [0.25, 0.3) is 11.3 Å². The minimum absolute atomic E-state index is 0.418. The highest BCUT2D eigenvalue weighted by molar-refractivity contribution is 9.10. The van der Waals surface area contributed by atoms with E-state index in [1.165, 1.54) is 5.56 Å². The highest BCUT2D eigenvalue weighted by Crippen LogP contribution is 2.38. The minimum Gasteiger partial charge on any atom is -0.496 e. The van der Waals surface area contributed by atoms with Gasteiger partial charge in [-0.15, -0.1) is 0 Å². The smallest absolute Gasteiger partial charge is 0.124 e. The fourth-order valence-electron chi connectivity index (χ4n) is 2.60. The first kappa shape index (κ1) is 15.1. The molecule has 0 saturated heterocycles. The quantitative estimate of drug-likeness (QED) is 0.935. The number of rotatable bonds is 3. The molecule has 0 atom stereocenters. The molecule has 1 heterocycles. The van der Waals surface area contributed by atoms with Crippen molar-refractivity contribution < 1.29 is 4.74 Å². The molecule has 0 unspecified atom stereocenters. The van der Waals surface area contributed by atoms with Crippen LogP contribution in [-0.2, 0) is 13.6 Å². The van der Waals surface area contributed by atoms with Crippen LogP contribution in [0.5, 0.6) is 5.75 Å². The second-order valence-corrected chi connectivity index (χ2v) is 5.75. The first-order chi connectivity index (χ1) is 9.42. The van der Waals surface area contributed by atoms with Crippen LogP contribution in [0.4, 0.5) is 0 Å². The van der Waals surface area contributed by atoms with Gasteiger partial charge in [0.05, 0.1) is 23.0 Å². The summed E-state index contributed by atoms with van der Waals surface area (Å²) in [6, 6.07) is 2.14. The number of aryl methyl sites for hydroxylation is 2. The predicted octanol–water partition coefficient (Wildman–Crippen LogP) is 3.24. The van der Waals surface area contributed by atoms with Gasteiger partial charge in [-0.1, -0.05) is 0 Å². The molecular weight excluding hydrogens is 318 g/mol. The summed E-state index contributed by atoms with van der Waals surface area (Å²) in [4.78, 5) is 0. The van der Waals surface area contributed by atoms with Crippen LogP contribution in [0.15, 0.2) is 10.5 Å². The fourth-order valence-corrected chi connectivity index (χ4v) is 3.31. The van der Waals surface area contributed by atoms with Crippen LogP contribution >= 0.6 is 15.9 Å². The molecule has 1 aromatic heterocycles. The summed E-state index contributed by atoms with van der Waals surface area (Å²) in [6.45, 7) is 6.66. The zero-order chi connectivity index (χ0) is 15.0. The normalized spacial score (nSPS) is 10.9. The molecule has 4 nitrogen and oxygen atoms in total. The lowest BCUT2D eigenvalue weighted by Gasteiger charge is -2.16. The standard InChI is InChI=1S/C15H20BrN3O/c1-8-6-11(9(2)10(3)15(8)20-5)14-13(16)12(7-17)18-19(14)4/h6H,7,17H2,1-5H3. The lowest BCUT2D eigenvalue weighted by molar-refractivity contribution is 0.408. The Balaban J connectivity index is 2.74. The molecule has 0 bridgehead atoms. The van der Waals surface area contributed by atoms with E-state index in [4.69, 9.17) is 10.5 Å². The SMILES string of the molecule is COc1c(C)cc(-c2c(Br)c(CN)nn2C)c(C)c1C. The van der Waals surface area contributed by atoms with Crippen LogP contribution in [0.1, 0.15) is 22.4 Å². The number of benzene rings is 1. The largest absolute Gasteiger partial charge is 0.496 e. The predicted molar refractivity (Wildman–Crippen MR) is 85.0 cm³/mol. The van der Waals surface area contributed by atoms with Crippen LogP contribution in [0.2, 0.25) is 0 Å². The van der Waals surface area contributed by atoms with Crippen molar-refractivity contribution in [2.45, 2.75) is 27.3 Å². The minimum atomic E-state index is 0.418. The molecule has 2 N–H and O–H groups in total. The lowest BCUT2D eigenvalue weighted by atomic mass is 9.96. The second kappa shape index (κ2) is 5.58. The molecule has 2 aromatic rings. The molecule has 1 aromatic carbocycles. The Morgan fingerprint density at radius 2 is 1.95 bits per heavy atom. The number of nitrogens with zero attached hydrogens (tertiary/aromatic N) is 2. The van der Waals surface area contributed by atoms with Crippen molar-refractivity contribution in [3.05, 3.63) is 32.9 Å². The molecular formula is C15H20BrN3O. The highest BCUT2D eigenvalue weighted by atomic mass is 79.9. The van der Waals surface area contributed by atoms with E-state index in [0.717, 1.165) is 38.3 Å². The van der Waals surface area contributed by atoms with Crippen LogP contribution in [0, 0.1) is 20.8 Å². The van der Waals surface area contributed by atoms with Crippen molar-refractivity contribution in [1.82, 2.24) is 9.78 Å². The van der Waals surface area contributed by atoms with Gasteiger partial charge >= 0.3 is 0 Å². The molecule has 0 amide bonds. The van der Waals surface area contributed by atoms with Crippen LogP contribution in [0.3, 0.4) is 0 Å². The van der Waals surface area contributed by atoms with Gasteiger partial charge < -0.3 is 10.5 Å². The zero-order valence-corrected chi connectivity index (χ0v) is 14.1. The number of ether oxygens (including phenoxy) is 1. The summed E-state index contributed by atoms with van der Waals surface area (Å²) in [6.07, 6.45) is 0. The number of hydrogen-bond donors (Lipinski definition) is 1. The van der Waals surface area contributed by atoms with E-state index in [1.54, 1.807) is 7.11 Å². The second-order valence-electron chi connectivity index (χ2n) is 4.96. The van der Waals surface area contributed by atoms with Crippen LogP contribution < -0.4 is 10.5 Å². The van der Waals surface area contributed by atoms with Crippen molar-refractivity contribution in [2.75, 3.05) is 7.11 Å². The maximum atomic E-state index is 5.73. The van der Waals surface area contributed by atoms with E-state index in [1.807, 2.05) is 11.7 Å². The van der Waals surface area contributed by atoms with E-state index in [2.05, 4.69) is 47.9 Å². The van der Waals surface area contributed by atoms with E-state index in [9.17, 15) is 0 Å². The van der Waals surface area contributed by atoms with Gasteiger partial charge in [0.1, 0.15) is 5.75 Å². The average molecular weight is 338 g/mol. The molecule has 0 spiro atoms. The molecule has 0 fully saturated rings. The van der Waals surface area contributed by atoms with Gasteiger partial charge in [-0.3, -0.25) is 4.68 Å². The molecule has 108 valence electrons. The maximum absolute atomic E-state index is 5.73. The summed E-state index contributed by atoms with van der Waals surface area (Å²) < 4.78 is 8.32. The van der Waals surface area contributed by atoms with E-state index in [0.29, 0.717) is 6.54 Å². The third-order valence-corrected chi connectivity index (χ3v) is 4.57. The van der Waals surface area contributed by atoms with Gasteiger partial charge in [0.25, 0.3) is 0 Å². The molecule has 0 radical (unpaired) electrons. The number of hydrogen-bond acceptors (Lipinski definition) is 3. The van der Waals surface area contributed by atoms with Crippen molar-refractivity contribution in [1.29, 1.82) is 0 Å².